The number of halogens is 1. The molecular weight excluding hydrogens is 476 g/mol. The van der Waals surface area contributed by atoms with Gasteiger partial charge in [0.05, 0.1) is 15.5 Å². The first-order valence-electron chi connectivity index (χ1n) is 9.27. The van der Waals surface area contributed by atoms with Crippen LogP contribution in [0.3, 0.4) is 0 Å². The van der Waals surface area contributed by atoms with E-state index in [9.17, 15) is 21.6 Å². The van der Waals surface area contributed by atoms with Crippen LogP contribution in [0, 0.1) is 0 Å². The number of carboxylic acids is 1. The van der Waals surface area contributed by atoms with Crippen molar-refractivity contribution in [2.45, 2.75) is 22.6 Å². The maximum absolute atomic E-state index is 12.7. The van der Waals surface area contributed by atoms with E-state index in [-0.39, 0.29) is 28.3 Å². The van der Waals surface area contributed by atoms with Gasteiger partial charge in [-0.2, -0.15) is 0 Å². The van der Waals surface area contributed by atoms with Gasteiger partial charge in [-0.3, -0.25) is 14.2 Å². The maximum Gasteiger partial charge on any atom is 0.303 e. The Morgan fingerprint density at radius 1 is 0.781 bits per heavy atom. The molecule has 3 aromatic rings. The zero-order chi connectivity index (χ0) is 23.4. The highest BCUT2D eigenvalue weighted by molar-refractivity contribution is 7.93. The molecule has 8 nitrogen and oxygen atoms in total. The molecule has 0 aliphatic rings. The van der Waals surface area contributed by atoms with Crippen LogP contribution in [0.1, 0.15) is 12.0 Å². The van der Waals surface area contributed by atoms with E-state index >= 15 is 0 Å². The molecular formula is C21H19ClN2O6S2. The predicted molar refractivity (Wildman–Crippen MR) is 122 cm³/mol. The first-order chi connectivity index (χ1) is 15.0. The number of rotatable bonds is 9. The van der Waals surface area contributed by atoms with Crippen LogP contribution in [0.5, 0.6) is 0 Å². The summed E-state index contributed by atoms with van der Waals surface area (Å²) in [5.74, 6) is -0.941. The lowest BCUT2D eigenvalue weighted by atomic mass is 10.1. The van der Waals surface area contributed by atoms with Crippen molar-refractivity contribution in [1.82, 2.24) is 0 Å². The SMILES string of the molecule is O=C(O)CCc1ccc(S(=O)(=O)Nc2cccc(S(=O)(=O)Nc3ccc(Cl)cc3)c2)cc1. The van der Waals surface area contributed by atoms with Crippen molar-refractivity contribution in [2.75, 3.05) is 9.44 Å². The molecule has 0 fully saturated rings. The van der Waals surface area contributed by atoms with Crippen LogP contribution in [-0.2, 0) is 31.3 Å². The van der Waals surface area contributed by atoms with Crippen molar-refractivity contribution in [3.63, 3.8) is 0 Å². The molecule has 0 spiro atoms. The number of carboxylic acid groups (broad SMARTS) is 1. The molecule has 0 bridgehead atoms. The highest BCUT2D eigenvalue weighted by Gasteiger charge is 2.18. The fraction of sp³-hybridized carbons (Fsp3) is 0.0952. The van der Waals surface area contributed by atoms with Gasteiger partial charge in [-0.15, -0.1) is 0 Å². The molecule has 0 unspecified atom stereocenters. The van der Waals surface area contributed by atoms with E-state index in [4.69, 9.17) is 16.7 Å². The molecule has 0 saturated heterocycles. The third kappa shape index (κ3) is 6.22. The second-order valence-corrected chi connectivity index (χ2v) is 10.6. The molecule has 3 N–H and O–H groups in total. The largest absolute Gasteiger partial charge is 0.481 e. The topological polar surface area (TPSA) is 130 Å². The molecule has 3 rings (SSSR count). The number of hydrogen-bond donors (Lipinski definition) is 3. The monoisotopic (exact) mass is 494 g/mol. The Morgan fingerprint density at radius 2 is 1.38 bits per heavy atom. The Balaban J connectivity index is 1.77. The van der Waals surface area contributed by atoms with Gasteiger partial charge in [0.15, 0.2) is 0 Å². The zero-order valence-corrected chi connectivity index (χ0v) is 18.9. The van der Waals surface area contributed by atoms with Crippen LogP contribution in [0.4, 0.5) is 11.4 Å². The standard InChI is InChI=1S/C21H19ClN2O6S2/c22-16-7-9-17(10-8-16)23-32(29,30)20-3-1-2-18(14-20)24-31(27,28)19-11-4-15(5-12-19)6-13-21(25)26/h1-5,7-12,14,23-24H,6,13H2,(H,25,26). The number of benzene rings is 3. The second kappa shape index (κ2) is 9.60. The first-order valence-corrected chi connectivity index (χ1v) is 12.6. The third-order valence-electron chi connectivity index (χ3n) is 4.35. The lowest BCUT2D eigenvalue weighted by molar-refractivity contribution is -0.136. The smallest absolute Gasteiger partial charge is 0.303 e. The minimum Gasteiger partial charge on any atom is -0.481 e. The molecule has 0 saturated carbocycles. The fourth-order valence-electron chi connectivity index (χ4n) is 2.76. The summed E-state index contributed by atoms with van der Waals surface area (Å²) in [7, 11) is -7.95. The highest BCUT2D eigenvalue weighted by Crippen LogP contribution is 2.23. The van der Waals surface area contributed by atoms with E-state index in [1.807, 2.05) is 0 Å². The van der Waals surface area contributed by atoms with Crippen molar-refractivity contribution in [3.05, 3.63) is 83.4 Å². The zero-order valence-electron chi connectivity index (χ0n) is 16.5. The number of carbonyl (C=O) groups is 1. The van der Waals surface area contributed by atoms with Crippen LogP contribution in [0.2, 0.25) is 5.02 Å². The van der Waals surface area contributed by atoms with Crippen molar-refractivity contribution < 1.29 is 26.7 Å². The summed E-state index contributed by atoms with van der Waals surface area (Å²) in [6, 6.07) is 17.3. The number of anilines is 2. The van der Waals surface area contributed by atoms with Gasteiger partial charge in [-0.25, -0.2) is 16.8 Å². The molecule has 3 aromatic carbocycles. The average Bonchev–Trinajstić information content (AvgIpc) is 2.74. The number of sulfonamides is 2. The lowest BCUT2D eigenvalue weighted by Gasteiger charge is -2.12. The van der Waals surface area contributed by atoms with E-state index in [0.29, 0.717) is 16.3 Å². The Morgan fingerprint density at radius 3 is 2.00 bits per heavy atom. The summed E-state index contributed by atoms with van der Waals surface area (Å²) in [6.45, 7) is 0. The van der Waals surface area contributed by atoms with Crippen molar-refractivity contribution in [1.29, 1.82) is 0 Å². The molecule has 0 heterocycles. The van der Waals surface area contributed by atoms with E-state index in [1.165, 1.54) is 72.8 Å². The Kier molecular flexibility index (Phi) is 7.07. The van der Waals surface area contributed by atoms with E-state index in [0.717, 1.165) is 0 Å². The van der Waals surface area contributed by atoms with Gasteiger partial charge in [0.25, 0.3) is 20.0 Å². The summed E-state index contributed by atoms with van der Waals surface area (Å²) in [5.41, 5.74) is 1.06. The molecule has 0 aromatic heterocycles. The molecule has 168 valence electrons. The Labute approximate surface area is 191 Å². The van der Waals surface area contributed by atoms with E-state index in [1.54, 1.807) is 0 Å². The van der Waals surface area contributed by atoms with Crippen molar-refractivity contribution in [3.8, 4) is 0 Å². The molecule has 0 aliphatic heterocycles. The van der Waals surface area contributed by atoms with Crippen molar-refractivity contribution in [2.24, 2.45) is 0 Å². The van der Waals surface area contributed by atoms with Crippen molar-refractivity contribution >= 4 is 49.0 Å². The minimum atomic E-state index is -3.98. The van der Waals surface area contributed by atoms with Crippen LogP contribution in [0.15, 0.2) is 82.6 Å². The summed E-state index contributed by atoms with van der Waals surface area (Å²) in [5, 5.41) is 9.20. The van der Waals surface area contributed by atoms with Crippen LogP contribution < -0.4 is 9.44 Å². The highest BCUT2D eigenvalue weighted by atomic mass is 35.5. The fourth-order valence-corrected chi connectivity index (χ4v) is 5.04. The van der Waals surface area contributed by atoms with Gasteiger partial charge < -0.3 is 5.11 Å². The molecule has 11 heteroatoms. The van der Waals surface area contributed by atoms with Gasteiger partial charge >= 0.3 is 5.97 Å². The predicted octanol–water partition coefficient (Wildman–Crippen LogP) is 3.96. The molecule has 0 amide bonds. The number of aliphatic carboxylic acids is 1. The summed E-state index contributed by atoms with van der Waals surface area (Å²) in [6.07, 6.45) is 0.222. The Bertz CT molecular complexity index is 1320. The molecule has 0 aliphatic carbocycles. The normalized spacial score (nSPS) is 11.7. The number of nitrogens with one attached hydrogen (secondary N) is 2. The summed E-state index contributed by atoms with van der Waals surface area (Å²) in [4.78, 5) is 10.5. The van der Waals surface area contributed by atoms with Gasteiger partial charge in [0.1, 0.15) is 0 Å². The van der Waals surface area contributed by atoms with Gasteiger partial charge in [0, 0.05) is 17.1 Å². The van der Waals surface area contributed by atoms with Crippen LogP contribution >= 0.6 is 11.6 Å². The van der Waals surface area contributed by atoms with Gasteiger partial charge in [-0.05, 0) is 66.6 Å². The van der Waals surface area contributed by atoms with E-state index in [2.05, 4.69) is 9.44 Å². The molecule has 0 radical (unpaired) electrons. The number of aryl methyl sites for hydroxylation is 1. The van der Waals surface area contributed by atoms with Crippen LogP contribution in [-0.4, -0.2) is 27.9 Å². The second-order valence-electron chi connectivity index (χ2n) is 6.78. The maximum atomic E-state index is 12.7. The number of hydrogen-bond acceptors (Lipinski definition) is 5. The van der Waals surface area contributed by atoms with E-state index < -0.39 is 26.0 Å². The first kappa shape index (κ1) is 23.6. The van der Waals surface area contributed by atoms with Gasteiger partial charge in [-0.1, -0.05) is 29.8 Å². The molecule has 32 heavy (non-hydrogen) atoms. The lowest BCUT2D eigenvalue weighted by Crippen LogP contribution is -2.15. The van der Waals surface area contributed by atoms with Gasteiger partial charge in [0.2, 0.25) is 0 Å². The van der Waals surface area contributed by atoms with Crippen LogP contribution in [0.25, 0.3) is 0 Å². The third-order valence-corrected chi connectivity index (χ3v) is 7.38. The summed E-state index contributed by atoms with van der Waals surface area (Å²) < 4.78 is 55.4. The summed E-state index contributed by atoms with van der Waals surface area (Å²) >= 11 is 5.80. The quantitative estimate of drug-likeness (QED) is 0.413. The molecule has 0 atom stereocenters. The minimum absolute atomic E-state index is 0.0378. The Hall–Kier alpha value is -3.08. The average molecular weight is 495 g/mol.